The number of benzene rings is 1. The number of carbonyl (C=O) groups is 1. The van der Waals surface area contributed by atoms with Crippen molar-refractivity contribution in [1.82, 2.24) is 9.78 Å². The summed E-state index contributed by atoms with van der Waals surface area (Å²) in [6.45, 7) is 1.62. The van der Waals surface area contributed by atoms with Crippen molar-refractivity contribution in [2.24, 2.45) is 0 Å². The van der Waals surface area contributed by atoms with Crippen LogP contribution in [-0.2, 0) is 21.4 Å². The lowest BCUT2D eigenvalue weighted by Gasteiger charge is -2.12. The van der Waals surface area contributed by atoms with Crippen LogP contribution in [0.2, 0.25) is 0 Å². The van der Waals surface area contributed by atoms with Gasteiger partial charge in [0.1, 0.15) is 0 Å². The highest BCUT2D eigenvalue weighted by atomic mass is 32.2. The van der Waals surface area contributed by atoms with E-state index in [0.29, 0.717) is 12.2 Å². The maximum Gasteiger partial charge on any atom is 0.323 e. The number of nitrogens with one attached hydrogen (secondary N) is 1. The summed E-state index contributed by atoms with van der Waals surface area (Å²) in [6.07, 6.45) is 3.45. The second-order valence-corrected chi connectivity index (χ2v) is 6.53. The fraction of sp³-hybridized carbons (Fsp3) is 0.231. The number of rotatable bonds is 6. The summed E-state index contributed by atoms with van der Waals surface area (Å²) in [5, 5.41) is 11.3. The number of carboxylic acids is 1. The van der Waals surface area contributed by atoms with Crippen LogP contribution in [0.15, 0.2) is 42.7 Å². The summed E-state index contributed by atoms with van der Waals surface area (Å²) in [4.78, 5) is 10.8. The summed E-state index contributed by atoms with van der Waals surface area (Å²) in [5.41, 5.74) is 1.18. The van der Waals surface area contributed by atoms with Crippen molar-refractivity contribution in [3.63, 3.8) is 0 Å². The average Bonchev–Trinajstić information content (AvgIpc) is 2.90. The van der Waals surface area contributed by atoms with Crippen LogP contribution in [0.5, 0.6) is 0 Å². The maximum atomic E-state index is 11.9. The minimum Gasteiger partial charge on any atom is -0.480 e. The zero-order valence-electron chi connectivity index (χ0n) is 11.3. The molecular formula is C13H15N3O4S. The number of hydrogen-bond acceptors (Lipinski definition) is 4. The van der Waals surface area contributed by atoms with E-state index in [1.807, 2.05) is 6.07 Å². The van der Waals surface area contributed by atoms with Gasteiger partial charge >= 0.3 is 5.97 Å². The summed E-state index contributed by atoms with van der Waals surface area (Å²) >= 11 is 0. The molecule has 7 nitrogen and oxygen atoms in total. The van der Waals surface area contributed by atoms with Gasteiger partial charge in [0.15, 0.2) is 5.25 Å². The van der Waals surface area contributed by atoms with Gasteiger partial charge in [-0.05, 0) is 30.7 Å². The van der Waals surface area contributed by atoms with Gasteiger partial charge in [-0.1, -0.05) is 12.1 Å². The Morgan fingerprint density at radius 2 is 2.19 bits per heavy atom. The zero-order chi connectivity index (χ0) is 15.5. The van der Waals surface area contributed by atoms with E-state index in [9.17, 15) is 13.2 Å². The third kappa shape index (κ3) is 3.82. The third-order valence-electron chi connectivity index (χ3n) is 2.90. The quantitative estimate of drug-likeness (QED) is 0.833. The molecule has 0 bridgehead atoms. The Kier molecular flexibility index (Phi) is 4.27. The van der Waals surface area contributed by atoms with Gasteiger partial charge in [0.25, 0.3) is 0 Å². The molecule has 8 heteroatoms. The molecule has 0 amide bonds. The Morgan fingerprint density at radius 1 is 1.43 bits per heavy atom. The summed E-state index contributed by atoms with van der Waals surface area (Å²) in [5.74, 6) is -1.39. The fourth-order valence-electron chi connectivity index (χ4n) is 1.70. The molecule has 0 fully saturated rings. The number of sulfonamides is 1. The smallest absolute Gasteiger partial charge is 0.323 e. The molecule has 1 aromatic heterocycles. The third-order valence-corrected chi connectivity index (χ3v) is 4.56. The lowest BCUT2D eigenvalue weighted by molar-refractivity contribution is -0.136. The second-order valence-electron chi connectivity index (χ2n) is 4.53. The monoisotopic (exact) mass is 309 g/mol. The molecule has 0 aliphatic carbocycles. The van der Waals surface area contributed by atoms with Crippen LogP contribution in [0.3, 0.4) is 0 Å². The first-order valence-electron chi connectivity index (χ1n) is 6.19. The Morgan fingerprint density at radius 3 is 2.81 bits per heavy atom. The molecule has 21 heavy (non-hydrogen) atoms. The van der Waals surface area contributed by atoms with Crippen LogP contribution in [0, 0.1) is 0 Å². The highest BCUT2D eigenvalue weighted by Gasteiger charge is 2.27. The van der Waals surface area contributed by atoms with E-state index in [1.165, 1.54) is 0 Å². The van der Waals surface area contributed by atoms with Gasteiger partial charge in [-0.25, -0.2) is 8.42 Å². The number of nitrogens with zero attached hydrogens (tertiary/aromatic N) is 2. The number of aromatic nitrogens is 2. The van der Waals surface area contributed by atoms with Crippen molar-refractivity contribution in [3.05, 3.63) is 48.3 Å². The average molecular weight is 309 g/mol. The lowest BCUT2D eigenvalue weighted by atomic mass is 10.2. The molecular weight excluding hydrogens is 294 g/mol. The van der Waals surface area contributed by atoms with E-state index < -0.39 is 21.2 Å². The van der Waals surface area contributed by atoms with Crippen molar-refractivity contribution in [1.29, 1.82) is 0 Å². The number of carboxylic acid groups (broad SMARTS) is 1. The summed E-state index contributed by atoms with van der Waals surface area (Å²) < 4.78 is 27.7. The molecule has 0 saturated carbocycles. The van der Waals surface area contributed by atoms with E-state index in [-0.39, 0.29) is 0 Å². The van der Waals surface area contributed by atoms with Crippen LogP contribution in [-0.4, -0.2) is 34.5 Å². The molecule has 1 aromatic carbocycles. The molecule has 0 radical (unpaired) electrons. The van der Waals surface area contributed by atoms with E-state index in [1.54, 1.807) is 41.3 Å². The normalized spacial score (nSPS) is 12.8. The van der Waals surface area contributed by atoms with Gasteiger partial charge in [-0.2, -0.15) is 5.10 Å². The molecule has 2 rings (SSSR count). The molecule has 0 saturated heterocycles. The van der Waals surface area contributed by atoms with Crippen molar-refractivity contribution >= 4 is 21.7 Å². The Balaban J connectivity index is 2.16. The van der Waals surface area contributed by atoms with Crippen molar-refractivity contribution in [3.8, 4) is 0 Å². The van der Waals surface area contributed by atoms with E-state index >= 15 is 0 Å². The van der Waals surface area contributed by atoms with Gasteiger partial charge in [-0.15, -0.1) is 0 Å². The van der Waals surface area contributed by atoms with Gasteiger partial charge < -0.3 is 5.11 Å². The standard InChI is InChI=1S/C13H15N3O4S/c1-10(13(17)18)21(19,20)15-12-5-2-4-11(8-12)9-16-7-3-6-14-16/h2-8,10,15H,9H2,1H3,(H,17,18). The predicted octanol–water partition coefficient (Wildman–Crippen LogP) is 1.15. The molecule has 1 heterocycles. The Bertz CT molecular complexity index is 726. The Hall–Kier alpha value is -2.35. The first kappa shape index (κ1) is 15.0. The minimum absolute atomic E-state index is 0.327. The molecule has 2 N–H and O–H groups in total. The van der Waals surface area contributed by atoms with Crippen LogP contribution in [0.25, 0.3) is 0 Å². The predicted molar refractivity (Wildman–Crippen MR) is 77.4 cm³/mol. The molecule has 0 spiro atoms. The lowest BCUT2D eigenvalue weighted by Crippen LogP contribution is -2.32. The van der Waals surface area contributed by atoms with Gasteiger partial charge in [0.2, 0.25) is 10.0 Å². The molecule has 1 unspecified atom stereocenters. The van der Waals surface area contributed by atoms with Crippen molar-refractivity contribution in [2.45, 2.75) is 18.7 Å². The van der Waals surface area contributed by atoms with Crippen LogP contribution in [0.1, 0.15) is 12.5 Å². The van der Waals surface area contributed by atoms with Crippen LogP contribution >= 0.6 is 0 Å². The molecule has 112 valence electrons. The summed E-state index contributed by atoms with van der Waals surface area (Å²) in [6, 6.07) is 8.54. The van der Waals surface area contributed by atoms with E-state index in [4.69, 9.17) is 5.11 Å². The molecule has 2 aromatic rings. The number of aliphatic carboxylic acids is 1. The highest BCUT2D eigenvalue weighted by molar-refractivity contribution is 7.94. The SMILES string of the molecule is CC(C(=O)O)S(=O)(=O)Nc1cccc(Cn2cccn2)c1. The van der Waals surface area contributed by atoms with Gasteiger partial charge in [0.05, 0.1) is 6.54 Å². The van der Waals surface area contributed by atoms with Gasteiger partial charge in [-0.3, -0.25) is 14.2 Å². The number of hydrogen-bond donors (Lipinski definition) is 2. The van der Waals surface area contributed by atoms with E-state index in [0.717, 1.165) is 12.5 Å². The summed E-state index contributed by atoms with van der Waals surface area (Å²) in [7, 11) is -3.96. The van der Waals surface area contributed by atoms with Crippen molar-refractivity contribution in [2.75, 3.05) is 4.72 Å². The largest absolute Gasteiger partial charge is 0.480 e. The van der Waals surface area contributed by atoms with E-state index in [2.05, 4.69) is 9.82 Å². The fourth-order valence-corrected chi connectivity index (χ4v) is 2.60. The topological polar surface area (TPSA) is 101 Å². The molecule has 0 aliphatic rings. The van der Waals surface area contributed by atoms with Gasteiger partial charge in [0, 0.05) is 18.1 Å². The highest BCUT2D eigenvalue weighted by Crippen LogP contribution is 2.15. The first-order chi connectivity index (χ1) is 9.88. The first-order valence-corrected chi connectivity index (χ1v) is 7.74. The zero-order valence-corrected chi connectivity index (χ0v) is 12.1. The maximum absolute atomic E-state index is 11.9. The molecule has 0 aliphatic heterocycles. The number of anilines is 1. The Labute approximate surface area is 122 Å². The van der Waals surface area contributed by atoms with Crippen LogP contribution < -0.4 is 4.72 Å². The molecule has 1 atom stereocenters. The second kappa shape index (κ2) is 5.96. The minimum atomic E-state index is -3.96. The van der Waals surface area contributed by atoms with Crippen LogP contribution in [0.4, 0.5) is 5.69 Å². The van der Waals surface area contributed by atoms with Crippen molar-refractivity contribution < 1.29 is 18.3 Å².